The zero-order valence-electron chi connectivity index (χ0n) is 20.9. The number of carbonyl (C=O) groups is 1. The van der Waals surface area contributed by atoms with Gasteiger partial charge in [0.05, 0.1) is 5.57 Å². The van der Waals surface area contributed by atoms with E-state index in [0.717, 1.165) is 34.0 Å². The van der Waals surface area contributed by atoms with Crippen molar-refractivity contribution in [2.24, 2.45) is 10.1 Å². The largest absolute Gasteiger partial charge is 0.487 e. The van der Waals surface area contributed by atoms with Gasteiger partial charge in [0.15, 0.2) is 5.84 Å². The number of carbonyl (C=O) groups excluding carboxylic acids is 1. The minimum absolute atomic E-state index is 0.0132. The summed E-state index contributed by atoms with van der Waals surface area (Å²) in [6.07, 6.45) is 1.74. The molecule has 0 unspecified atom stereocenters. The molecule has 182 valence electrons. The molecule has 1 aromatic heterocycles. The van der Waals surface area contributed by atoms with E-state index < -0.39 is 5.91 Å². The highest BCUT2D eigenvalue weighted by Crippen LogP contribution is 2.30. The highest BCUT2D eigenvalue weighted by molar-refractivity contribution is 8.27. The monoisotopic (exact) mass is 497 g/mol. The van der Waals surface area contributed by atoms with Crippen LogP contribution in [0.3, 0.4) is 0 Å². The van der Waals surface area contributed by atoms with Crippen molar-refractivity contribution in [1.82, 2.24) is 9.58 Å². The van der Waals surface area contributed by atoms with Gasteiger partial charge in [0.25, 0.3) is 5.91 Å². The van der Waals surface area contributed by atoms with Crippen LogP contribution in [0.5, 0.6) is 5.75 Å². The predicted molar refractivity (Wildman–Crippen MR) is 146 cm³/mol. The number of amides is 1. The van der Waals surface area contributed by atoms with Crippen LogP contribution < -0.4 is 4.74 Å². The maximum Gasteiger partial charge on any atom is 0.283 e. The van der Waals surface area contributed by atoms with E-state index in [9.17, 15) is 4.79 Å². The summed E-state index contributed by atoms with van der Waals surface area (Å²) >= 11 is 1.25. The molecule has 3 heterocycles. The fourth-order valence-corrected chi connectivity index (χ4v) is 5.30. The number of aliphatic imine (C=N–C) groups is 1. The Kier molecular flexibility index (Phi) is 6.14. The molecule has 36 heavy (non-hydrogen) atoms. The number of fused-ring (bicyclic) bond motifs is 1. The van der Waals surface area contributed by atoms with Gasteiger partial charge in [-0.25, -0.2) is 0 Å². The zero-order chi connectivity index (χ0) is 25.6. The van der Waals surface area contributed by atoms with E-state index in [1.54, 1.807) is 6.08 Å². The maximum absolute atomic E-state index is 12.9. The predicted octanol–water partition coefficient (Wildman–Crippen LogP) is 5.72. The van der Waals surface area contributed by atoms with Crippen molar-refractivity contribution in [3.8, 4) is 11.4 Å². The molecule has 0 saturated carbocycles. The second kappa shape index (κ2) is 9.28. The van der Waals surface area contributed by atoms with Crippen LogP contribution in [0.4, 0.5) is 0 Å². The second-order valence-electron chi connectivity index (χ2n) is 9.13. The number of nitrogens with zero attached hydrogens (tertiary/aromatic N) is 4. The molecule has 0 saturated heterocycles. The van der Waals surface area contributed by atoms with E-state index in [1.165, 1.54) is 27.9 Å². The van der Waals surface area contributed by atoms with E-state index in [1.807, 2.05) is 51.1 Å². The topological polar surface area (TPSA) is 83.0 Å². The third kappa shape index (κ3) is 4.52. The number of aryl methyl sites for hydroxylation is 4. The minimum Gasteiger partial charge on any atom is -0.487 e. The number of hydrogen-bond donors (Lipinski definition) is 1. The molecule has 1 N–H and O–H groups in total. The molecule has 0 aliphatic carbocycles. The van der Waals surface area contributed by atoms with Crippen molar-refractivity contribution in [2.75, 3.05) is 6.61 Å². The highest BCUT2D eigenvalue weighted by Gasteiger charge is 2.36. The summed E-state index contributed by atoms with van der Waals surface area (Å²) in [5, 5.41) is 15.6. The smallest absolute Gasteiger partial charge is 0.283 e. The Bertz CT molecular complexity index is 1490. The normalized spacial score (nSPS) is 16.4. The first-order valence-corrected chi connectivity index (χ1v) is 12.5. The average molecular weight is 498 g/mol. The van der Waals surface area contributed by atoms with Gasteiger partial charge in [-0.1, -0.05) is 18.2 Å². The van der Waals surface area contributed by atoms with Gasteiger partial charge in [-0.3, -0.25) is 10.2 Å². The fraction of sp³-hybridized carbons (Fsp3) is 0.214. The third-order valence-electron chi connectivity index (χ3n) is 6.08. The Morgan fingerprint density at radius 3 is 2.47 bits per heavy atom. The number of rotatable bonds is 5. The number of nitrogens with one attached hydrogen (secondary N) is 1. The lowest BCUT2D eigenvalue weighted by molar-refractivity contribution is -0.114. The second-order valence-corrected chi connectivity index (χ2v) is 10.2. The molecule has 0 spiro atoms. The van der Waals surface area contributed by atoms with E-state index in [0.29, 0.717) is 10.2 Å². The quantitative estimate of drug-likeness (QED) is 0.457. The Morgan fingerprint density at radius 2 is 1.75 bits per heavy atom. The van der Waals surface area contributed by atoms with Crippen LogP contribution in [-0.4, -0.2) is 38.1 Å². The molecule has 7 nitrogen and oxygen atoms in total. The first-order chi connectivity index (χ1) is 17.2. The van der Waals surface area contributed by atoms with Gasteiger partial charge in [-0.2, -0.15) is 15.1 Å². The van der Waals surface area contributed by atoms with Gasteiger partial charge in [0.2, 0.25) is 5.17 Å². The molecule has 0 fully saturated rings. The Labute approximate surface area is 214 Å². The summed E-state index contributed by atoms with van der Waals surface area (Å²) in [6, 6.07) is 16.2. The van der Waals surface area contributed by atoms with Crippen LogP contribution in [0.1, 0.15) is 33.6 Å². The molecule has 2 aliphatic heterocycles. The summed E-state index contributed by atoms with van der Waals surface area (Å²) in [6.45, 7) is 10.5. The van der Waals surface area contributed by atoms with Gasteiger partial charge in [-0.05, 0) is 105 Å². The van der Waals surface area contributed by atoms with E-state index in [4.69, 9.17) is 10.1 Å². The standard InChI is InChI=1S/C28H27N5O2S/c1-16-7-6-8-23(12-16)35-15-25-31-33-26(29)24(27(34)30-28(33)36-25)14-21-13-19(4)32(20(21)5)22-10-17(2)9-18(3)11-22/h6-14,29H,15H2,1-5H3/b24-14-,29-26?. The molecule has 0 atom stereocenters. The summed E-state index contributed by atoms with van der Waals surface area (Å²) in [5.41, 5.74) is 7.69. The lowest BCUT2D eigenvalue weighted by atomic mass is 10.1. The molecule has 2 aliphatic rings. The van der Waals surface area contributed by atoms with Crippen LogP contribution in [0.15, 0.2) is 64.2 Å². The number of benzene rings is 2. The molecule has 2 aromatic carbocycles. The Morgan fingerprint density at radius 1 is 1.00 bits per heavy atom. The highest BCUT2D eigenvalue weighted by atomic mass is 32.2. The van der Waals surface area contributed by atoms with Crippen LogP contribution in [0.2, 0.25) is 0 Å². The van der Waals surface area contributed by atoms with Crippen molar-refractivity contribution in [2.45, 2.75) is 34.6 Å². The van der Waals surface area contributed by atoms with Gasteiger partial charge in [0, 0.05) is 17.1 Å². The molecular formula is C28H27N5O2S. The minimum atomic E-state index is -0.439. The van der Waals surface area contributed by atoms with Crippen LogP contribution in [0, 0.1) is 40.0 Å². The van der Waals surface area contributed by atoms with Gasteiger partial charge >= 0.3 is 0 Å². The Hall–Kier alpha value is -3.91. The Balaban J connectivity index is 1.41. The first-order valence-electron chi connectivity index (χ1n) is 11.7. The summed E-state index contributed by atoms with van der Waals surface area (Å²) in [7, 11) is 0. The lowest BCUT2D eigenvalue weighted by Crippen LogP contribution is -2.35. The summed E-state index contributed by atoms with van der Waals surface area (Å²) < 4.78 is 8.02. The van der Waals surface area contributed by atoms with Crippen LogP contribution >= 0.6 is 11.8 Å². The maximum atomic E-state index is 12.9. The zero-order valence-corrected chi connectivity index (χ0v) is 21.7. The number of hydrazone groups is 1. The van der Waals surface area contributed by atoms with Crippen LogP contribution in [0.25, 0.3) is 11.8 Å². The van der Waals surface area contributed by atoms with E-state index >= 15 is 0 Å². The molecular weight excluding hydrogens is 470 g/mol. The third-order valence-corrected chi connectivity index (χ3v) is 6.96. The van der Waals surface area contributed by atoms with Crippen molar-refractivity contribution < 1.29 is 9.53 Å². The van der Waals surface area contributed by atoms with Crippen LogP contribution in [-0.2, 0) is 4.79 Å². The SMILES string of the molecule is Cc1cccc(OCC2=NN3C(=N)/C(=C/c4cc(C)n(-c5cc(C)cc(C)c5)c4C)C(=O)N=C3S2)c1. The molecule has 1 amide bonds. The van der Waals surface area contributed by atoms with E-state index in [-0.39, 0.29) is 18.0 Å². The van der Waals surface area contributed by atoms with E-state index in [2.05, 4.69) is 46.7 Å². The average Bonchev–Trinajstić information content (AvgIpc) is 3.34. The number of ether oxygens (including phenoxy) is 1. The number of aromatic nitrogens is 1. The molecule has 8 heteroatoms. The summed E-state index contributed by atoms with van der Waals surface area (Å²) in [5.74, 6) is 0.321. The van der Waals surface area contributed by atoms with Crippen molar-refractivity contribution in [3.63, 3.8) is 0 Å². The number of thioether (sulfide) groups is 1. The van der Waals surface area contributed by atoms with Crippen molar-refractivity contribution in [1.29, 1.82) is 5.41 Å². The van der Waals surface area contributed by atoms with Gasteiger partial charge in [-0.15, -0.1) is 0 Å². The summed E-state index contributed by atoms with van der Waals surface area (Å²) in [4.78, 5) is 17.1. The lowest BCUT2D eigenvalue weighted by Gasteiger charge is -2.20. The number of hydrogen-bond acceptors (Lipinski definition) is 5. The van der Waals surface area contributed by atoms with Gasteiger partial charge < -0.3 is 9.30 Å². The fourth-order valence-electron chi connectivity index (χ4n) is 4.51. The number of amidine groups is 2. The van der Waals surface area contributed by atoms with Crippen molar-refractivity contribution in [3.05, 3.63) is 87.7 Å². The van der Waals surface area contributed by atoms with Gasteiger partial charge in [0.1, 0.15) is 17.4 Å². The van der Waals surface area contributed by atoms with Crippen molar-refractivity contribution >= 4 is 39.8 Å². The first kappa shape index (κ1) is 23.8. The molecule has 3 aromatic rings. The molecule has 0 radical (unpaired) electrons. The molecule has 5 rings (SSSR count). The molecule has 0 bridgehead atoms.